The van der Waals surface area contributed by atoms with E-state index in [1.807, 2.05) is 0 Å². The van der Waals surface area contributed by atoms with E-state index in [0.717, 1.165) is 109 Å². The maximum absolute atomic E-state index is 12.9. The van der Waals surface area contributed by atoms with Crippen LogP contribution in [0.4, 0.5) is 0 Å². The molecule has 0 bridgehead atoms. The van der Waals surface area contributed by atoms with Crippen molar-refractivity contribution in [3.05, 3.63) is 72.9 Å². The monoisotopic (exact) mass is 1060 g/mol. The van der Waals surface area contributed by atoms with Gasteiger partial charge in [-0.25, -0.2) is 0 Å². The minimum atomic E-state index is -0.780. The highest BCUT2D eigenvalue weighted by molar-refractivity contribution is 5.71. The zero-order valence-electron chi connectivity index (χ0n) is 50.5. The van der Waals surface area contributed by atoms with Gasteiger partial charge >= 0.3 is 17.9 Å². The number of rotatable bonds is 60. The zero-order chi connectivity index (χ0) is 55.0. The van der Waals surface area contributed by atoms with Crippen molar-refractivity contribution in [1.82, 2.24) is 0 Å². The number of hydrogen-bond acceptors (Lipinski definition) is 6. The van der Waals surface area contributed by atoms with Gasteiger partial charge in [0, 0.05) is 19.3 Å². The second kappa shape index (κ2) is 64.4. The fourth-order valence-electron chi connectivity index (χ4n) is 9.53. The molecule has 0 spiro atoms. The molecule has 0 amide bonds. The molecule has 0 aromatic rings. The van der Waals surface area contributed by atoms with Gasteiger partial charge in [-0.2, -0.15) is 0 Å². The maximum atomic E-state index is 12.9. The van der Waals surface area contributed by atoms with E-state index in [9.17, 15) is 14.4 Å². The summed E-state index contributed by atoms with van der Waals surface area (Å²) in [6.45, 7) is 6.54. The molecule has 0 aromatic heterocycles. The normalized spacial score (nSPS) is 12.5. The molecule has 0 aliphatic rings. The summed E-state index contributed by atoms with van der Waals surface area (Å²) in [5, 5.41) is 0. The van der Waals surface area contributed by atoms with E-state index in [1.165, 1.54) is 186 Å². The lowest BCUT2D eigenvalue weighted by molar-refractivity contribution is -0.167. The highest BCUT2D eigenvalue weighted by atomic mass is 16.6. The maximum Gasteiger partial charge on any atom is 0.306 e. The lowest BCUT2D eigenvalue weighted by atomic mass is 10.0. The van der Waals surface area contributed by atoms with Crippen molar-refractivity contribution in [1.29, 1.82) is 0 Å². The van der Waals surface area contributed by atoms with Gasteiger partial charge in [0.25, 0.3) is 0 Å². The van der Waals surface area contributed by atoms with E-state index < -0.39 is 6.10 Å². The highest BCUT2D eigenvalue weighted by Gasteiger charge is 2.19. The Morgan fingerprint density at radius 1 is 0.276 bits per heavy atom. The van der Waals surface area contributed by atoms with Crippen LogP contribution in [-0.4, -0.2) is 37.2 Å². The first-order valence-corrected chi connectivity index (χ1v) is 32.9. The van der Waals surface area contributed by atoms with Crippen LogP contribution in [0.25, 0.3) is 0 Å². The minimum absolute atomic E-state index is 0.0762. The lowest BCUT2D eigenvalue weighted by Crippen LogP contribution is -2.30. The fraction of sp³-hybridized carbons (Fsp3) is 0.786. The first-order valence-electron chi connectivity index (χ1n) is 32.9. The van der Waals surface area contributed by atoms with Crippen LogP contribution in [0.5, 0.6) is 0 Å². The number of carbonyl (C=O) groups is 3. The Balaban J connectivity index is 4.21. The van der Waals surface area contributed by atoms with Crippen molar-refractivity contribution >= 4 is 17.9 Å². The van der Waals surface area contributed by atoms with Gasteiger partial charge in [-0.3, -0.25) is 14.4 Å². The van der Waals surface area contributed by atoms with Crippen LogP contribution in [0.2, 0.25) is 0 Å². The third kappa shape index (κ3) is 61.7. The second-order valence-corrected chi connectivity index (χ2v) is 22.0. The summed E-state index contributed by atoms with van der Waals surface area (Å²) in [5.41, 5.74) is 0. The summed E-state index contributed by atoms with van der Waals surface area (Å²) in [4.78, 5) is 38.3. The molecule has 440 valence electrons. The van der Waals surface area contributed by atoms with Crippen molar-refractivity contribution in [3.8, 4) is 0 Å². The summed E-state index contributed by atoms with van der Waals surface area (Å²) in [5.74, 6) is -0.872. The van der Waals surface area contributed by atoms with Crippen LogP contribution < -0.4 is 0 Å². The molecule has 0 N–H and O–H groups in total. The molecule has 0 rings (SSSR count). The number of unbranched alkanes of at least 4 members (excludes halogenated alkanes) is 37. The molecule has 0 aromatic carbocycles. The number of carbonyl (C=O) groups excluding carboxylic acids is 3. The molecule has 1 unspecified atom stereocenters. The van der Waals surface area contributed by atoms with E-state index in [4.69, 9.17) is 14.2 Å². The Morgan fingerprint density at radius 3 is 0.816 bits per heavy atom. The molecule has 0 heterocycles. The van der Waals surface area contributed by atoms with Crippen LogP contribution in [0, 0.1) is 0 Å². The topological polar surface area (TPSA) is 78.9 Å². The molecule has 0 saturated heterocycles. The van der Waals surface area contributed by atoms with Crippen molar-refractivity contribution in [3.63, 3.8) is 0 Å². The summed E-state index contributed by atoms with van der Waals surface area (Å²) in [6.07, 6.45) is 83.5. The molecule has 0 aliphatic heterocycles. The molecule has 6 heteroatoms. The number of ether oxygens (including phenoxy) is 3. The highest BCUT2D eigenvalue weighted by Crippen LogP contribution is 2.17. The van der Waals surface area contributed by atoms with Crippen LogP contribution in [0.15, 0.2) is 72.9 Å². The number of allylic oxidation sites excluding steroid dienone is 12. The van der Waals surface area contributed by atoms with Crippen molar-refractivity contribution in [2.24, 2.45) is 0 Å². The summed E-state index contributed by atoms with van der Waals surface area (Å²) in [7, 11) is 0. The van der Waals surface area contributed by atoms with E-state index >= 15 is 0 Å². The van der Waals surface area contributed by atoms with Crippen molar-refractivity contribution < 1.29 is 28.6 Å². The van der Waals surface area contributed by atoms with E-state index in [2.05, 4.69) is 93.7 Å². The minimum Gasteiger partial charge on any atom is -0.462 e. The fourth-order valence-corrected chi connectivity index (χ4v) is 9.53. The van der Waals surface area contributed by atoms with Crippen molar-refractivity contribution in [2.45, 2.75) is 341 Å². The van der Waals surface area contributed by atoms with Gasteiger partial charge in [0.2, 0.25) is 0 Å². The number of hydrogen-bond donors (Lipinski definition) is 0. The van der Waals surface area contributed by atoms with Crippen LogP contribution in [-0.2, 0) is 28.6 Å². The molecular weight excluding hydrogens is 937 g/mol. The van der Waals surface area contributed by atoms with Gasteiger partial charge in [-0.1, -0.05) is 299 Å². The summed E-state index contributed by atoms with van der Waals surface area (Å²) in [6, 6.07) is 0. The second-order valence-electron chi connectivity index (χ2n) is 22.0. The summed E-state index contributed by atoms with van der Waals surface area (Å²) < 4.78 is 16.9. The predicted octanol–water partition coefficient (Wildman–Crippen LogP) is 22.5. The molecule has 0 radical (unpaired) electrons. The van der Waals surface area contributed by atoms with Gasteiger partial charge in [0.15, 0.2) is 6.10 Å². The molecule has 6 nitrogen and oxygen atoms in total. The average molecular weight is 1060 g/mol. The summed E-state index contributed by atoms with van der Waals surface area (Å²) >= 11 is 0. The van der Waals surface area contributed by atoms with Gasteiger partial charge in [-0.15, -0.1) is 0 Å². The Hall–Kier alpha value is -3.15. The van der Waals surface area contributed by atoms with Gasteiger partial charge < -0.3 is 14.2 Å². The Bertz CT molecular complexity index is 1400. The lowest BCUT2D eigenvalue weighted by Gasteiger charge is -2.18. The van der Waals surface area contributed by atoms with Gasteiger partial charge in [0.05, 0.1) is 0 Å². The van der Waals surface area contributed by atoms with Gasteiger partial charge in [0.1, 0.15) is 13.2 Å². The quantitative estimate of drug-likeness (QED) is 0.0261. The molecule has 0 aliphatic carbocycles. The number of esters is 3. The smallest absolute Gasteiger partial charge is 0.306 e. The van der Waals surface area contributed by atoms with Gasteiger partial charge in [-0.05, 0) is 89.9 Å². The van der Waals surface area contributed by atoms with Crippen molar-refractivity contribution in [2.75, 3.05) is 13.2 Å². The average Bonchev–Trinajstić information content (AvgIpc) is 3.42. The third-order valence-corrected chi connectivity index (χ3v) is 14.4. The molecule has 0 saturated carbocycles. The predicted molar refractivity (Wildman–Crippen MR) is 330 cm³/mol. The Morgan fingerprint density at radius 2 is 0.513 bits per heavy atom. The van der Waals surface area contributed by atoms with Crippen LogP contribution in [0.3, 0.4) is 0 Å². The van der Waals surface area contributed by atoms with E-state index in [0.29, 0.717) is 19.3 Å². The molecule has 76 heavy (non-hydrogen) atoms. The third-order valence-electron chi connectivity index (χ3n) is 14.4. The first kappa shape index (κ1) is 72.8. The zero-order valence-corrected chi connectivity index (χ0v) is 50.5. The Kier molecular flexibility index (Phi) is 61.7. The van der Waals surface area contributed by atoms with E-state index in [1.54, 1.807) is 0 Å². The standard InChI is InChI=1S/C70H124O6/c1-4-7-10-13-16-19-22-25-27-29-30-31-32-33-34-35-36-37-38-39-40-41-43-45-48-51-54-57-60-63-69(72)75-66-67(65-74-68(71)62-59-56-53-50-47-44-24-21-18-15-12-9-6-3)76-70(73)64-61-58-55-52-49-46-42-28-26-23-20-17-14-11-8-5-2/h7,10,16,19-20,23,25,27-28,30-31,42,67H,4-6,8-9,11-15,17-18,21-22,24,26,29,32-41,43-66H2,1-3H3/b10-7-,19-16-,23-20-,27-25-,31-30-,42-28-. The first-order chi connectivity index (χ1) is 37.5. The van der Waals surface area contributed by atoms with E-state index in [-0.39, 0.29) is 31.1 Å². The SMILES string of the molecule is CC/C=C\C/C=C\C/C=C\C/C=C\CCCCCCCCCCCCCCCCCCC(=O)OCC(COC(=O)CCCCCCCCCCCCCCC)OC(=O)CCCCCCC/C=C\C/C=C\CCCCCC. The molecule has 1 atom stereocenters. The van der Waals surface area contributed by atoms with Crippen LogP contribution >= 0.6 is 0 Å². The van der Waals surface area contributed by atoms with Crippen LogP contribution in [0.1, 0.15) is 335 Å². The Labute approximate surface area is 472 Å². The largest absolute Gasteiger partial charge is 0.462 e. The molecular formula is C70H124O6. The molecule has 0 fully saturated rings.